The summed E-state index contributed by atoms with van der Waals surface area (Å²) in [5, 5.41) is 18.7. The Balaban J connectivity index is 2.16. The lowest BCUT2D eigenvalue weighted by atomic mass is 9.88. The van der Waals surface area contributed by atoms with E-state index in [-0.39, 0.29) is 0 Å². The van der Waals surface area contributed by atoms with Gasteiger partial charge in [-0.05, 0) is 60.6 Å². The summed E-state index contributed by atoms with van der Waals surface area (Å²) < 4.78 is 0. The van der Waals surface area contributed by atoms with E-state index in [4.69, 9.17) is 0 Å². The normalized spacial score (nSPS) is 12.0. The molecule has 0 amide bonds. The van der Waals surface area contributed by atoms with Gasteiger partial charge in [0.1, 0.15) is 11.5 Å². The van der Waals surface area contributed by atoms with Crippen molar-refractivity contribution in [2.45, 2.75) is 25.2 Å². The van der Waals surface area contributed by atoms with Crippen LogP contribution in [0.3, 0.4) is 0 Å². The van der Waals surface area contributed by atoms with Gasteiger partial charge in [0.05, 0.1) is 0 Å². The third kappa shape index (κ3) is 3.89. The molecule has 0 fully saturated rings. The molecule has 1 unspecified atom stereocenters. The van der Waals surface area contributed by atoms with Gasteiger partial charge < -0.3 is 10.2 Å². The summed E-state index contributed by atoms with van der Waals surface area (Å²) in [5.74, 6) is 0.972. The first kappa shape index (κ1) is 14.2. The number of rotatable bonds is 6. The first-order valence-electron chi connectivity index (χ1n) is 6.87. The van der Waals surface area contributed by atoms with E-state index in [0.717, 1.165) is 19.3 Å². The van der Waals surface area contributed by atoms with Crippen molar-refractivity contribution in [2.75, 3.05) is 0 Å². The molecule has 0 saturated carbocycles. The number of phenolic OH excluding ortho intramolecular Hbond substituents is 2. The molecular formula is C18H20O2. The molecule has 0 spiro atoms. The van der Waals surface area contributed by atoms with E-state index < -0.39 is 0 Å². The minimum atomic E-state index is 0.292. The third-order valence-corrected chi connectivity index (χ3v) is 3.50. The van der Waals surface area contributed by atoms with Gasteiger partial charge in [-0.3, -0.25) is 0 Å². The maximum atomic E-state index is 9.39. The minimum Gasteiger partial charge on any atom is -0.508 e. The molecule has 0 saturated heterocycles. The summed E-state index contributed by atoms with van der Waals surface area (Å²) in [6, 6.07) is 14.8. The number of benzene rings is 2. The Morgan fingerprint density at radius 1 is 0.900 bits per heavy atom. The average molecular weight is 268 g/mol. The number of aromatic hydroxyl groups is 2. The number of allylic oxidation sites excluding steroid dienone is 1. The number of hydrogen-bond donors (Lipinski definition) is 2. The fourth-order valence-electron chi connectivity index (χ4n) is 2.37. The van der Waals surface area contributed by atoms with Crippen LogP contribution in [-0.2, 0) is 6.42 Å². The van der Waals surface area contributed by atoms with Crippen LogP contribution in [0.15, 0.2) is 61.2 Å². The molecule has 104 valence electrons. The second-order valence-corrected chi connectivity index (χ2v) is 5.03. The lowest BCUT2D eigenvalue weighted by Gasteiger charge is -2.17. The molecule has 2 rings (SSSR count). The lowest BCUT2D eigenvalue weighted by molar-refractivity contribution is 0.473. The van der Waals surface area contributed by atoms with Gasteiger partial charge in [-0.25, -0.2) is 0 Å². The van der Waals surface area contributed by atoms with Crippen LogP contribution in [0, 0.1) is 0 Å². The van der Waals surface area contributed by atoms with Crippen LogP contribution >= 0.6 is 0 Å². The van der Waals surface area contributed by atoms with Gasteiger partial charge in [0.25, 0.3) is 0 Å². The van der Waals surface area contributed by atoms with Crippen LogP contribution in [0.25, 0.3) is 0 Å². The van der Waals surface area contributed by atoms with Crippen molar-refractivity contribution in [3.05, 3.63) is 72.3 Å². The average Bonchev–Trinajstić information content (AvgIpc) is 2.46. The highest BCUT2D eigenvalue weighted by atomic mass is 16.3. The van der Waals surface area contributed by atoms with E-state index in [1.807, 2.05) is 30.3 Å². The van der Waals surface area contributed by atoms with Gasteiger partial charge in [0, 0.05) is 0 Å². The fraction of sp³-hybridized carbons (Fsp3) is 0.222. The molecule has 2 aromatic carbocycles. The van der Waals surface area contributed by atoms with Crippen molar-refractivity contribution in [1.29, 1.82) is 0 Å². The van der Waals surface area contributed by atoms with Gasteiger partial charge in [-0.1, -0.05) is 30.3 Å². The zero-order chi connectivity index (χ0) is 14.4. The Bertz CT molecular complexity index is 541. The quantitative estimate of drug-likeness (QED) is 0.763. The van der Waals surface area contributed by atoms with Crippen molar-refractivity contribution in [3.8, 4) is 11.5 Å². The van der Waals surface area contributed by atoms with Gasteiger partial charge in [0.15, 0.2) is 0 Å². The van der Waals surface area contributed by atoms with E-state index in [2.05, 4.69) is 6.58 Å². The highest BCUT2D eigenvalue weighted by molar-refractivity contribution is 5.31. The standard InChI is InChI=1S/C18H20O2/c1-2-3-4-16(15-7-11-18(20)12-8-15)13-14-5-9-17(19)10-6-14/h2,5-12,16,19-20H,1,3-4,13H2. The largest absolute Gasteiger partial charge is 0.508 e. The molecule has 2 N–H and O–H groups in total. The van der Waals surface area contributed by atoms with Gasteiger partial charge in [-0.2, -0.15) is 0 Å². The Morgan fingerprint density at radius 3 is 2.00 bits per heavy atom. The predicted molar refractivity (Wildman–Crippen MR) is 82.1 cm³/mol. The maximum Gasteiger partial charge on any atom is 0.115 e. The topological polar surface area (TPSA) is 40.5 Å². The number of hydrogen-bond acceptors (Lipinski definition) is 2. The SMILES string of the molecule is C=CCCC(Cc1ccc(O)cc1)c1ccc(O)cc1. The first-order chi connectivity index (χ1) is 9.69. The Kier molecular flexibility index (Phi) is 4.83. The van der Waals surface area contributed by atoms with Crippen LogP contribution in [0.1, 0.15) is 29.9 Å². The van der Waals surface area contributed by atoms with Crippen molar-refractivity contribution in [2.24, 2.45) is 0 Å². The van der Waals surface area contributed by atoms with Gasteiger partial charge in [0.2, 0.25) is 0 Å². The van der Waals surface area contributed by atoms with Crippen LogP contribution in [0.4, 0.5) is 0 Å². The van der Waals surface area contributed by atoms with Crippen molar-refractivity contribution in [3.63, 3.8) is 0 Å². The van der Waals surface area contributed by atoms with Crippen molar-refractivity contribution < 1.29 is 10.2 Å². The van der Waals surface area contributed by atoms with Crippen LogP contribution in [-0.4, -0.2) is 10.2 Å². The van der Waals surface area contributed by atoms with Crippen molar-refractivity contribution in [1.82, 2.24) is 0 Å². The molecular weight excluding hydrogens is 248 g/mol. The van der Waals surface area contributed by atoms with Gasteiger partial charge in [-0.15, -0.1) is 6.58 Å². The summed E-state index contributed by atoms with van der Waals surface area (Å²) in [7, 11) is 0. The summed E-state index contributed by atoms with van der Waals surface area (Å²) in [6.07, 6.45) is 4.84. The lowest BCUT2D eigenvalue weighted by Crippen LogP contribution is -2.03. The summed E-state index contributed by atoms with van der Waals surface area (Å²) in [4.78, 5) is 0. The van der Waals surface area contributed by atoms with Crippen LogP contribution < -0.4 is 0 Å². The Labute approximate surface area is 120 Å². The number of phenols is 2. The zero-order valence-corrected chi connectivity index (χ0v) is 11.5. The molecule has 1 atom stereocenters. The predicted octanol–water partition coefficient (Wildman–Crippen LogP) is 4.39. The molecule has 20 heavy (non-hydrogen) atoms. The smallest absolute Gasteiger partial charge is 0.115 e. The second kappa shape index (κ2) is 6.80. The van der Waals surface area contributed by atoms with Crippen LogP contribution in [0.5, 0.6) is 11.5 Å². The van der Waals surface area contributed by atoms with E-state index in [0.29, 0.717) is 17.4 Å². The summed E-state index contributed by atoms with van der Waals surface area (Å²) in [6.45, 7) is 3.79. The minimum absolute atomic E-state index is 0.292. The molecule has 0 aliphatic heterocycles. The molecule has 0 bridgehead atoms. The van der Waals surface area contributed by atoms with E-state index in [1.165, 1.54) is 11.1 Å². The van der Waals surface area contributed by atoms with Gasteiger partial charge >= 0.3 is 0 Å². The second-order valence-electron chi connectivity index (χ2n) is 5.03. The molecule has 2 nitrogen and oxygen atoms in total. The first-order valence-corrected chi connectivity index (χ1v) is 6.87. The molecule has 2 aromatic rings. The van der Waals surface area contributed by atoms with E-state index in [9.17, 15) is 10.2 Å². The monoisotopic (exact) mass is 268 g/mol. The van der Waals surface area contributed by atoms with Crippen LogP contribution in [0.2, 0.25) is 0 Å². The van der Waals surface area contributed by atoms with E-state index >= 15 is 0 Å². The molecule has 0 heterocycles. The fourth-order valence-corrected chi connectivity index (χ4v) is 2.37. The Morgan fingerprint density at radius 2 is 1.45 bits per heavy atom. The highest BCUT2D eigenvalue weighted by Crippen LogP contribution is 2.27. The highest BCUT2D eigenvalue weighted by Gasteiger charge is 2.12. The third-order valence-electron chi connectivity index (χ3n) is 3.50. The summed E-state index contributed by atoms with van der Waals surface area (Å²) in [5.41, 5.74) is 2.42. The maximum absolute atomic E-state index is 9.39. The van der Waals surface area contributed by atoms with E-state index in [1.54, 1.807) is 24.3 Å². The molecule has 0 aliphatic rings. The summed E-state index contributed by atoms with van der Waals surface area (Å²) >= 11 is 0. The Hall–Kier alpha value is -2.22. The molecule has 0 aliphatic carbocycles. The zero-order valence-electron chi connectivity index (χ0n) is 11.5. The molecule has 2 heteroatoms. The molecule has 0 radical (unpaired) electrons. The van der Waals surface area contributed by atoms with Crippen molar-refractivity contribution >= 4 is 0 Å². The molecule has 0 aromatic heterocycles.